The number of carbonyl (C=O) groups excluding carboxylic acids is 2. The number of benzene rings is 2. The molecule has 0 radical (unpaired) electrons. The number of aliphatic carboxylic acids is 1. The van der Waals surface area contributed by atoms with Gasteiger partial charge in [0.15, 0.2) is 6.10 Å². The normalized spacial score (nSPS) is 13.1. The number of hydrogen-bond acceptors (Lipinski definition) is 6. The third kappa shape index (κ3) is 4.34. The highest BCUT2D eigenvalue weighted by Gasteiger charge is 2.21. The Morgan fingerprint density at radius 3 is 2.72 bits per heavy atom. The largest absolute Gasteiger partial charge is 0.548 e. The van der Waals surface area contributed by atoms with Crippen molar-refractivity contribution in [2.45, 2.75) is 32.4 Å². The smallest absolute Gasteiger partial charge is 0.336 e. The van der Waals surface area contributed by atoms with Crippen molar-refractivity contribution >= 4 is 33.7 Å². The second-order valence-electron chi connectivity index (χ2n) is 7.61. The highest BCUT2D eigenvalue weighted by Crippen LogP contribution is 2.23. The Morgan fingerprint density at radius 2 is 1.94 bits per heavy atom. The number of nitrogens with one attached hydrogen (secondary N) is 2. The number of carbonyl (C=O) groups is 2. The molecule has 0 unspecified atom stereocenters. The molecule has 0 spiro atoms. The van der Waals surface area contributed by atoms with Crippen molar-refractivity contribution in [3.05, 3.63) is 76.3 Å². The van der Waals surface area contributed by atoms with E-state index in [1.54, 1.807) is 25.3 Å². The SMILES string of the molecule is Cc1cc(=O)oc2cc(O[C@H](C)C(=O)N[C@H](Cc3c[nH]c4ccccc34)C(=O)[O-])ccc12. The maximum Gasteiger partial charge on any atom is 0.336 e. The van der Waals surface area contributed by atoms with E-state index in [-0.39, 0.29) is 6.42 Å². The maximum absolute atomic E-state index is 12.6. The third-order valence-corrected chi connectivity index (χ3v) is 5.30. The van der Waals surface area contributed by atoms with Gasteiger partial charge in [0.05, 0.1) is 12.0 Å². The van der Waals surface area contributed by atoms with Crippen LogP contribution in [0.1, 0.15) is 18.1 Å². The van der Waals surface area contributed by atoms with E-state index in [1.165, 1.54) is 19.1 Å². The Bertz CT molecular complexity index is 1370. The van der Waals surface area contributed by atoms with Crippen molar-refractivity contribution in [3.63, 3.8) is 0 Å². The molecule has 0 aliphatic carbocycles. The van der Waals surface area contributed by atoms with Gasteiger partial charge >= 0.3 is 5.63 Å². The molecular weight excluding hydrogens is 412 g/mol. The molecule has 2 N–H and O–H groups in total. The molecule has 0 aliphatic rings. The number of aromatic nitrogens is 1. The van der Waals surface area contributed by atoms with E-state index in [1.807, 2.05) is 24.3 Å². The molecule has 32 heavy (non-hydrogen) atoms. The molecule has 4 aromatic rings. The quantitative estimate of drug-likeness (QED) is 0.429. The summed E-state index contributed by atoms with van der Waals surface area (Å²) in [5, 5.41) is 15.8. The van der Waals surface area contributed by atoms with Crippen molar-refractivity contribution in [2.75, 3.05) is 0 Å². The molecule has 8 heteroatoms. The van der Waals surface area contributed by atoms with Gasteiger partial charge in [0.25, 0.3) is 5.91 Å². The van der Waals surface area contributed by atoms with Crippen molar-refractivity contribution in [1.29, 1.82) is 0 Å². The predicted octanol–water partition coefficient (Wildman–Crippen LogP) is 1.83. The summed E-state index contributed by atoms with van der Waals surface area (Å²) in [4.78, 5) is 39.0. The summed E-state index contributed by atoms with van der Waals surface area (Å²) in [7, 11) is 0. The topological polar surface area (TPSA) is 124 Å². The fourth-order valence-electron chi connectivity index (χ4n) is 3.64. The van der Waals surface area contributed by atoms with Crippen LogP contribution in [0.5, 0.6) is 5.75 Å². The van der Waals surface area contributed by atoms with Crippen molar-refractivity contribution < 1.29 is 23.8 Å². The van der Waals surface area contributed by atoms with E-state index in [2.05, 4.69) is 10.3 Å². The first kappa shape index (κ1) is 21.2. The van der Waals surface area contributed by atoms with Crippen LogP contribution in [-0.2, 0) is 16.0 Å². The van der Waals surface area contributed by atoms with Crippen molar-refractivity contribution in [1.82, 2.24) is 10.3 Å². The second kappa shape index (κ2) is 8.58. The standard InChI is InChI=1S/C24H22N2O6/c1-13-9-22(27)32-21-11-16(7-8-17(13)21)31-14(2)23(28)26-20(24(29)30)10-15-12-25-19-6-4-3-5-18(15)19/h3-9,11-12,14,20,25H,10H2,1-2H3,(H,26,28)(H,29,30)/p-1/t14-,20-/m1/s1. The number of hydrogen-bond donors (Lipinski definition) is 2. The summed E-state index contributed by atoms with van der Waals surface area (Å²) in [5.74, 6) is -1.68. The van der Waals surface area contributed by atoms with Crippen LogP contribution in [0.2, 0.25) is 0 Å². The maximum atomic E-state index is 12.6. The van der Waals surface area contributed by atoms with Crippen LogP contribution in [-0.4, -0.2) is 29.0 Å². The molecule has 2 aromatic heterocycles. The Balaban J connectivity index is 1.47. The number of para-hydroxylation sites is 1. The number of carboxylic acids is 1. The molecule has 1 amide bonds. The molecular formula is C24H21N2O6-. The first-order valence-electron chi connectivity index (χ1n) is 10.1. The summed E-state index contributed by atoms with van der Waals surface area (Å²) in [5.41, 5.74) is 2.26. The van der Waals surface area contributed by atoms with Gasteiger partial charge in [-0.05, 0) is 43.2 Å². The van der Waals surface area contributed by atoms with Crippen molar-refractivity contribution in [2.24, 2.45) is 0 Å². The molecule has 0 saturated heterocycles. The fourth-order valence-corrected chi connectivity index (χ4v) is 3.64. The van der Waals surface area contributed by atoms with Gasteiger partial charge in [0, 0.05) is 41.0 Å². The van der Waals surface area contributed by atoms with E-state index < -0.39 is 29.6 Å². The number of amides is 1. The molecule has 164 valence electrons. The van der Waals surface area contributed by atoms with Crippen LogP contribution in [0, 0.1) is 6.92 Å². The van der Waals surface area contributed by atoms with E-state index in [0.717, 1.165) is 27.4 Å². The highest BCUT2D eigenvalue weighted by atomic mass is 16.5. The molecule has 0 fully saturated rings. The van der Waals surface area contributed by atoms with Crippen LogP contribution in [0.3, 0.4) is 0 Å². The van der Waals surface area contributed by atoms with Crippen LogP contribution >= 0.6 is 0 Å². The minimum Gasteiger partial charge on any atom is -0.548 e. The second-order valence-corrected chi connectivity index (χ2v) is 7.61. The summed E-state index contributed by atoms with van der Waals surface area (Å²) in [6.07, 6.45) is 0.789. The molecule has 2 atom stereocenters. The zero-order valence-electron chi connectivity index (χ0n) is 17.5. The lowest BCUT2D eigenvalue weighted by atomic mass is 10.0. The summed E-state index contributed by atoms with van der Waals surface area (Å²) in [6.45, 7) is 3.30. The van der Waals surface area contributed by atoms with E-state index >= 15 is 0 Å². The van der Waals surface area contributed by atoms with Crippen molar-refractivity contribution in [3.8, 4) is 5.75 Å². The van der Waals surface area contributed by atoms with E-state index in [0.29, 0.717) is 11.3 Å². The van der Waals surface area contributed by atoms with Gasteiger partial charge in [0.2, 0.25) is 0 Å². The molecule has 8 nitrogen and oxygen atoms in total. The Morgan fingerprint density at radius 1 is 1.16 bits per heavy atom. The Kier molecular flexibility index (Phi) is 5.68. The number of H-pyrrole nitrogens is 1. The van der Waals surface area contributed by atoms with E-state index in [4.69, 9.17) is 9.15 Å². The van der Waals surface area contributed by atoms with Gasteiger partial charge in [-0.3, -0.25) is 4.79 Å². The third-order valence-electron chi connectivity index (χ3n) is 5.30. The lowest BCUT2D eigenvalue weighted by molar-refractivity contribution is -0.308. The molecule has 4 rings (SSSR count). The first-order chi connectivity index (χ1) is 15.3. The minimum atomic E-state index is -1.39. The van der Waals surface area contributed by atoms with Gasteiger partial charge in [-0.15, -0.1) is 0 Å². The summed E-state index contributed by atoms with van der Waals surface area (Å²) >= 11 is 0. The zero-order chi connectivity index (χ0) is 22.8. The first-order valence-corrected chi connectivity index (χ1v) is 10.1. The minimum absolute atomic E-state index is 0.0607. The van der Waals surface area contributed by atoms with Crippen LogP contribution in [0.25, 0.3) is 21.9 Å². The van der Waals surface area contributed by atoms with Crippen LogP contribution in [0.15, 0.2) is 63.9 Å². The van der Waals surface area contributed by atoms with Crippen LogP contribution in [0.4, 0.5) is 0 Å². The number of aryl methyl sites for hydroxylation is 1. The van der Waals surface area contributed by atoms with Crippen LogP contribution < -0.4 is 20.8 Å². The van der Waals surface area contributed by atoms with Gasteiger partial charge < -0.3 is 29.4 Å². The van der Waals surface area contributed by atoms with Gasteiger partial charge in [-0.2, -0.15) is 0 Å². The zero-order valence-corrected chi connectivity index (χ0v) is 17.5. The summed E-state index contributed by atoms with van der Waals surface area (Å²) in [6, 6.07) is 12.6. The molecule has 2 aromatic carbocycles. The number of aromatic amines is 1. The van der Waals surface area contributed by atoms with Gasteiger partial charge in [-0.1, -0.05) is 18.2 Å². The monoisotopic (exact) mass is 433 g/mol. The molecule has 0 aliphatic heterocycles. The predicted molar refractivity (Wildman–Crippen MR) is 116 cm³/mol. The number of carboxylic acid groups (broad SMARTS) is 1. The van der Waals surface area contributed by atoms with E-state index in [9.17, 15) is 19.5 Å². The molecule has 0 bridgehead atoms. The average molecular weight is 433 g/mol. The molecule has 2 heterocycles. The number of ether oxygens (including phenoxy) is 1. The average Bonchev–Trinajstić information content (AvgIpc) is 3.15. The van der Waals surface area contributed by atoms with Gasteiger partial charge in [0.1, 0.15) is 11.3 Å². The lowest BCUT2D eigenvalue weighted by Crippen LogP contribution is -2.52. The van der Waals surface area contributed by atoms with Gasteiger partial charge in [-0.25, -0.2) is 4.79 Å². The highest BCUT2D eigenvalue weighted by molar-refractivity contribution is 5.88. The lowest BCUT2D eigenvalue weighted by Gasteiger charge is -2.22. The number of rotatable bonds is 7. The Labute approximate surface area is 182 Å². The Hall–Kier alpha value is -4.07. The number of fused-ring (bicyclic) bond motifs is 2. The summed E-state index contributed by atoms with van der Waals surface area (Å²) < 4.78 is 10.8. The fraction of sp³-hybridized carbons (Fsp3) is 0.208. The molecule has 0 saturated carbocycles.